The first kappa shape index (κ1) is 13.8. The topological polar surface area (TPSA) is 38.5 Å². The minimum atomic E-state index is 0.692. The molecule has 0 unspecified atom stereocenters. The number of nitrogens with zero attached hydrogens (tertiary/aromatic N) is 1. The summed E-state index contributed by atoms with van der Waals surface area (Å²) in [4.78, 5) is 2.38. The van der Waals surface area contributed by atoms with Gasteiger partial charge >= 0.3 is 0 Å². The Kier molecular flexibility index (Phi) is 4.00. The number of hydrogen-bond donors (Lipinski definition) is 1. The van der Waals surface area contributed by atoms with Crippen molar-refractivity contribution in [3.05, 3.63) is 53.6 Å². The highest BCUT2D eigenvalue weighted by Gasteiger charge is 2.16. The van der Waals surface area contributed by atoms with Crippen LogP contribution in [0.15, 0.2) is 42.5 Å². The van der Waals surface area contributed by atoms with E-state index in [4.69, 9.17) is 10.5 Å². The molecule has 0 fully saturated rings. The predicted octanol–water partition coefficient (Wildman–Crippen LogP) is 3.41. The fourth-order valence-electron chi connectivity index (χ4n) is 2.81. The zero-order chi connectivity index (χ0) is 14.7. The molecule has 0 radical (unpaired) electrons. The molecule has 0 amide bonds. The number of rotatable bonds is 4. The van der Waals surface area contributed by atoms with Gasteiger partial charge in [-0.3, -0.25) is 0 Å². The van der Waals surface area contributed by atoms with E-state index in [1.807, 2.05) is 18.2 Å². The number of hydrogen-bond acceptors (Lipinski definition) is 3. The van der Waals surface area contributed by atoms with E-state index >= 15 is 0 Å². The molecule has 0 saturated heterocycles. The molecule has 1 aliphatic rings. The van der Waals surface area contributed by atoms with Crippen molar-refractivity contribution in [2.75, 3.05) is 30.3 Å². The van der Waals surface area contributed by atoms with Crippen molar-refractivity contribution in [3.8, 4) is 5.75 Å². The Morgan fingerprint density at radius 2 is 1.95 bits per heavy atom. The van der Waals surface area contributed by atoms with E-state index in [0.717, 1.165) is 30.9 Å². The summed E-state index contributed by atoms with van der Waals surface area (Å²) in [7, 11) is 0. The van der Waals surface area contributed by atoms with Crippen molar-refractivity contribution in [1.29, 1.82) is 0 Å². The van der Waals surface area contributed by atoms with Crippen LogP contribution in [0.3, 0.4) is 0 Å². The van der Waals surface area contributed by atoms with Crippen molar-refractivity contribution in [2.45, 2.75) is 19.8 Å². The van der Waals surface area contributed by atoms with Crippen LogP contribution in [0, 0.1) is 6.92 Å². The van der Waals surface area contributed by atoms with Crippen LogP contribution < -0.4 is 15.4 Å². The minimum absolute atomic E-state index is 0.692. The van der Waals surface area contributed by atoms with Crippen LogP contribution in [-0.2, 0) is 6.42 Å². The van der Waals surface area contributed by atoms with Crippen LogP contribution in [0.2, 0.25) is 0 Å². The summed E-state index contributed by atoms with van der Waals surface area (Å²) in [5.74, 6) is 0.936. The lowest BCUT2D eigenvalue weighted by atomic mass is 10.0. The van der Waals surface area contributed by atoms with E-state index in [9.17, 15) is 0 Å². The molecule has 2 aromatic rings. The summed E-state index contributed by atoms with van der Waals surface area (Å²) in [6, 6.07) is 14.4. The maximum atomic E-state index is 5.92. The van der Waals surface area contributed by atoms with Gasteiger partial charge in [-0.2, -0.15) is 0 Å². The Bertz CT molecular complexity index is 607. The fraction of sp³-hybridized carbons (Fsp3) is 0.333. The Balaban J connectivity index is 1.61. The number of ether oxygens (including phenoxy) is 1. The third-order valence-corrected chi connectivity index (χ3v) is 3.98. The third-order valence-electron chi connectivity index (χ3n) is 3.98. The van der Waals surface area contributed by atoms with Crippen molar-refractivity contribution >= 4 is 11.4 Å². The molecule has 0 aromatic heterocycles. The average molecular weight is 282 g/mol. The van der Waals surface area contributed by atoms with Gasteiger partial charge in [0.1, 0.15) is 12.4 Å². The van der Waals surface area contributed by atoms with Crippen molar-refractivity contribution in [2.24, 2.45) is 0 Å². The van der Waals surface area contributed by atoms with Gasteiger partial charge in [-0.15, -0.1) is 0 Å². The molecule has 110 valence electrons. The lowest BCUT2D eigenvalue weighted by molar-refractivity contribution is 0.322. The lowest BCUT2D eigenvalue weighted by Gasteiger charge is -2.31. The molecule has 21 heavy (non-hydrogen) atoms. The monoisotopic (exact) mass is 282 g/mol. The number of anilines is 2. The molecule has 3 rings (SSSR count). The van der Waals surface area contributed by atoms with E-state index in [1.54, 1.807) is 0 Å². The Hall–Kier alpha value is -2.16. The highest BCUT2D eigenvalue weighted by molar-refractivity contribution is 5.62. The van der Waals surface area contributed by atoms with Gasteiger partial charge in [0.2, 0.25) is 0 Å². The molecule has 2 aromatic carbocycles. The molecule has 0 atom stereocenters. The summed E-state index contributed by atoms with van der Waals surface area (Å²) in [6.07, 6.45) is 2.34. The van der Waals surface area contributed by atoms with E-state index in [2.05, 4.69) is 36.1 Å². The molecule has 3 nitrogen and oxygen atoms in total. The zero-order valence-corrected chi connectivity index (χ0v) is 12.5. The lowest BCUT2D eigenvalue weighted by Crippen LogP contribution is -2.33. The Morgan fingerprint density at radius 3 is 2.76 bits per heavy atom. The highest BCUT2D eigenvalue weighted by atomic mass is 16.5. The van der Waals surface area contributed by atoms with Crippen molar-refractivity contribution < 1.29 is 4.74 Å². The predicted molar refractivity (Wildman–Crippen MR) is 88.1 cm³/mol. The first-order chi connectivity index (χ1) is 10.2. The van der Waals surface area contributed by atoms with Gasteiger partial charge in [0, 0.05) is 17.9 Å². The Labute approximate surface area is 126 Å². The molecule has 3 heteroatoms. The largest absolute Gasteiger partial charge is 0.492 e. The van der Waals surface area contributed by atoms with Crippen LogP contribution in [0.1, 0.15) is 17.5 Å². The quantitative estimate of drug-likeness (QED) is 0.873. The molecule has 1 heterocycles. The second-order valence-corrected chi connectivity index (χ2v) is 5.64. The van der Waals surface area contributed by atoms with Gasteiger partial charge in [0.05, 0.1) is 6.54 Å². The molecule has 0 bridgehead atoms. The summed E-state index contributed by atoms with van der Waals surface area (Å²) < 4.78 is 5.84. The molecular formula is C18H22N2O. The summed E-state index contributed by atoms with van der Waals surface area (Å²) in [6.45, 7) is 4.74. The molecule has 0 aliphatic carbocycles. The molecule has 2 N–H and O–H groups in total. The number of nitrogens with two attached hydrogens (primary N) is 1. The van der Waals surface area contributed by atoms with Gasteiger partial charge in [0.15, 0.2) is 0 Å². The molecular weight excluding hydrogens is 260 g/mol. The molecule has 0 saturated carbocycles. The minimum Gasteiger partial charge on any atom is -0.492 e. The van der Waals surface area contributed by atoms with Crippen molar-refractivity contribution in [3.63, 3.8) is 0 Å². The van der Waals surface area contributed by atoms with Crippen LogP contribution in [0.5, 0.6) is 5.75 Å². The van der Waals surface area contributed by atoms with E-state index in [-0.39, 0.29) is 0 Å². The van der Waals surface area contributed by atoms with Gasteiger partial charge in [-0.25, -0.2) is 0 Å². The number of nitrogen functional groups attached to an aromatic ring is 1. The second-order valence-electron chi connectivity index (χ2n) is 5.64. The summed E-state index contributed by atoms with van der Waals surface area (Å²) >= 11 is 0. The van der Waals surface area contributed by atoms with E-state index in [1.165, 1.54) is 23.2 Å². The Morgan fingerprint density at radius 1 is 1.14 bits per heavy atom. The van der Waals surface area contributed by atoms with Crippen LogP contribution in [0.25, 0.3) is 0 Å². The molecule has 1 aliphatic heterocycles. The zero-order valence-electron chi connectivity index (χ0n) is 12.5. The van der Waals surface area contributed by atoms with Gasteiger partial charge < -0.3 is 15.4 Å². The SMILES string of the molecule is Cc1ccc(OCCN2CCCc3ccc(N)cc32)cc1. The summed E-state index contributed by atoms with van der Waals surface area (Å²) in [5, 5.41) is 0. The van der Waals surface area contributed by atoms with E-state index < -0.39 is 0 Å². The van der Waals surface area contributed by atoms with E-state index in [0.29, 0.717) is 6.61 Å². The second kappa shape index (κ2) is 6.08. The maximum Gasteiger partial charge on any atom is 0.119 e. The van der Waals surface area contributed by atoms with Crippen LogP contribution >= 0.6 is 0 Å². The van der Waals surface area contributed by atoms with Crippen LogP contribution in [0.4, 0.5) is 11.4 Å². The normalized spacial score (nSPS) is 13.9. The number of benzene rings is 2. The third kappa shape index (κ3) is 3.30. The van der Waals surface area contributed by atoms with Gasteiger partial charge in [-0.1, -0.05) is 23.8 Å². The molecule has 0 spiro atoms. The van der Waals surface area contributed by atoms with Gasteiger partial charge in [0.25, 0.3) is 0 Å². The standard InChI is InChI=1S/C18H22N2O/c1-14-4-8-17(9-5-14)21-12-11-20-10-2-3-15-6-7-16(19)13-18(15)20/h4-9,13H,2-3,10-12,19H2,1H3. The van der Waals surface area contributed by atoms with Gasteiger partial charge in [-0.05, 0) is 49.6 Å². The highest BCUT2D eigenvalue weighted by Crippen LogP contribution is 2.28. The fourth-order valence-corrected chi connectivity index (χ4v) is 2.81. The maximum absolute atomic E-state index is 5.92. The number of fused-ring (bicyclic) bond motifs is 1. The average Bonchev–Trinajstić information content (AvgIpc) is 2.50. The first-order valence-electron chi connectivity index (χ1n) is 7.55. The van der Waals surface area contributed by atoms with Crippen LogP contribution in [-0.4, -0.2) is 19.7 Å². The summed E-state index contributed by atoms with van der Waals surface area (Å²) in [5.41, 5.74) is 10.7. The first-order valence-corrected chi connectivity index (χ1v) is 7.55. The number of aryl methyl sites for hydroxylation is 2. The van der Waals surface area contributed by atoms with Crippen molar-refractivity contribution in [1.82, 2.24) is 0 Å². The smallest absolute Gasteiger partial charge is 0.119 e.